The zero-order valence-electron chi connectivity index (χ0n) is 15.4. The third-order valence-electron chi connectivity index (χ3n) is 3.76. The molecule has 9 heteroatoms. The highest BCUT2D eigenvalue weighted by Crippen LogP contribution is 2.14. The molecule has 0 aliphatic carbocycles. The van der Waals surface area contributed by atoms with Gasteiger partial charge in [0.25, 0.3) is 0 Å². The third kappa shape index (κ3) is 6.75. The first-order valence-corrected chi connectivity index (χ1v) is 9.14. The number of rotatable bonds is 5. The molecule has 4 N–H and O–H groups in total. The number of amides is 4. The maximum atomic E-state index is 12.4. The van der Waals surface area contributed by atoms with Gasteiger partial charge in [0, 0.05) is 29.8 Å². The molecule has 1 atom stereocenters. The summed E-state index contributed by atoms with van der Waals surface area (Å²) < 4.78 is 0. The van der Waals surface area contributed by atoms with Gasteiger partial charge in [-0.1, -0.05) is 35.3 Å². The molecule has 0 saturated carbocycles. The Balaban J connectivity index is 2.10. The minimum absolute atomic E-state index is 0.125. The van der Waals surface area contributed by atoms with E-state index in [1.165, 1.54) is 4.90 Å². The second kappa shape index (κ2) is 9.96. The highest BCUT2D eigenvalue weighted by molar-refractivity contribution is 6.30. The zero-order valence-corrected chi connectivity index (χ0v) is 16.9. The minimum Gasteiger partial charge on any atom is -0.331 e. The Morgan fingerprint density at radius 3 is 2.07 bits per heavy atom. The van der Waals surface area contributed by atoms with Crippen LogP contribution in [0.4, 0.5) is 15.3 Å². The zero-order chi connectivity index (χ0) is 20.7. The molecule has 2 aromatic carbocycles. The number of nitrogens with one attached hydrogen (secondary N) is 4. The standard InChI is InChI=1S/C19H21Cl2N5O2/c1-26(2)19(28)25-17(22)16(11-12-3-5-13(20)6-4-12)24-18(27)23-15-9-7-14(21)8-10-15/h3-10,16H,11H2,1-2H3,(H2,22,25,28)(H2,23,24,27)/t16-/m0/s1. The molecule has 7 nitrogen and oxygen atoms in total. The lowest BCUT2D eigenvalue weighted by atomic mass is 10.1. The van der Waals surface area contributed by atoms with E-state index < -0.39 is 18.1 Å². The Kier molecular flexibility index (Phi) is 7.66. The Morgan fingerprint density at radius 1 is 1.00 bits per heavy atom. The van der Waals surface area contributed by atoms with Gasteiger partial charge >= 0.3 is 12.1 Å². The predicted octanol–water partition coefficient (Wildman–Crippen LogP) is 3.97. The van der Waals surface area contributed by atoms with Crippen LogP contribution in [0.5, 0.6) is 0 Å². The first kappa shape index (κ1) is 21.5. The number of urea groups is 2. The summed E-state index contributed by atoms with van der Waals surface area (Å²) in [6, 6.07) is 12.0. The molecule has 0 aliphatic heterocycles. The van der Waals surface area contributed by atoms with Gasteiger partial charge < -0.3 is 15.5 Å². The van der Waals surface area contributed by atoms with Gasteiger partial charge in [-0.2, -0.15) is 0 Å². The van der Waals surface area contributed by atoms with Crippen LogP contribution in [-0.2, 0) is 6.42 Å². The molecular weight excluding hydrogens is 401 g/mol. The second-order valence-electron chi connectivity index (χ2n) is 6.23. The summed E-state index contributed by atoms with van der Waals surface area (Å²) in [6.45, 7) is 0. The monoisotopic (exact) mass is 421 g/mol. The maximum absolute atomic E-state index is 12.4. The van der Waals surface area contributed by atoms with Gasteiger partial charge in [0.15, 0.2) is 0 Å². The average Bonchev–Trinajstić information content (AvgIpc) is 2.64. The van der Waals surface area contributed by atoms with Crippen LogP contribution < -0.4 is 16.0 Å². The normalized spacial score (nSPS) is 11.3. The first-order chi connectivity index (χ1) is 13.2. The van der Waals surface area contributed by atoms with Gasteiger partial charge in [-0.05, 0) is 48.4 Å². The molecule has 0 saturated heterocycles. The third-order valence-corrected chi connectivity index (χ3v) is 4.26. The average molecular weight is 422 g/mol. The highest BCUT2D eigenvalue weighted by Gasteiger charge is 2.21. The van der Waals surface area contributed by atoms with Gasteiger partial charge in [-0.25, -0.2) is 9.59 Å². The van der Waals surface area contributed by atoms with Crippen LogP contribution in [0.25, 0.3) is 0 Å². The lowest BCUT2D eigenvalue weighted by Crippen LogP contribution is -2.52. The SMILES string of the molecule is CN(C)C(=O)NC(=N)[C@H](Cc1ccc(Cl)cc1)NC(=O)Nc1ccc(Cl)cc1. The number of hydrogen-bond donors (Lipinski definition) is 4. The first-order valence-electron chi connectivity index (χ1n) is 8.39. The lowest BCUT2D eigenvalue weighted by molar-refractivity contribution is 0.222. The van der Waals surface area contributed by atoms with E-state index >= 15 is 0 Å². The summed E-state index contributed by atoms with van der Waals surface area (Å²) in [5, 5.41) is 17.2. The van der Waals surface area contributed by atoms with Crippen molar-refractivity contribution < 1.29 is 9.59 Å². The maximum Gasteiger partial charge on any atom is 0.322 e. The molecule has 0 bridgehead atoms. The van der Waals surface area contributed by atoms with Crippen LogP contribution in [0.2, 0.25) is 10.0 Å². The molecule has 148 valence electrons. The summed E-state index contributed by atoms with van der Waals surface area (Å²) in [6.07, 6.45) is 0.303. The van der Waals surface area contributed by atoms with Crippen molar-refractivity contribution in [2.24, 2.45) is 0 Å². The van der Waals surface area contributed by atoms with Crippen molar-refractivity contribution in [3.05, 3.63) is 64.1 Å². The van der Waals surface area contributed by atoms with Gasteiger partial charge in [-0.15, -0.1) is 0 Å². The van der Waals surface area contributed by atoms with Crippen molar-refractivity contribution in [3.63, 3.8) is 0 Å². The molecule has 4 amide bonds. The summed E-state index contributed by atoms with van der Waals surface area (Å²) in [5.74, 6) is -0.125. The van der Waals surface area contributed by atoms with E-state index in [1.54, 1.807) is 62.6 Å². The number of benzene rings is 2. The van der Waals surface area contributed by atoms with E-state index in [4.69, 9.17) is 28.6 Å². The van der Waals surface area contributed by atoms with Gasteiger partial charge in [0.05, 0.1) is 6.04 Å². The number of anilines is 1. The number of nitrogens with zero attached hydrogens (tertiary/aromatic N) is 1. The summed E-state index contributed by atoms with van der Waals surface area (Å²) in [7, 11) is 3.13. The Bertz CT molecular complexity index is 838. The van der Waals surface area contributed by atoms with Crippen molar-refractivity contribution in [1.82, 2.24) is 15.5 Å². The molecular formula is C19H21Cl2N5O2. The van der Waals surface area contributed by atoms with Crippen molar-refractivity contribution in [2.75, 3.05) is 19.4 Å². The fourth-order valence-electron chi connectivity index (χ4n) is 2.25. The lowest BCUT2D eigenvalue weighted by Gasteiger charge is -2.22. The van der Waals surface area contributed by atoms with Crippen LogP contribution in [0.1, 0.15) is 5.56 Å². The topological polar surface area (TPSA) is 97.3 Å². The highest BCUT2D eigenvalue weighted by atomic mass is 35.5. The molecule has 28 heavy (non-hydrogen) atoms. The van der Waals surface area contributed by atoms with Crippen molar-refractivity contribution >= 4 is 46.8 Å². The van der Waals surface area contributed by atoms with Gasteiger partial charge in [0.2, 0.25) is 0 Å². The summed E-state index contributed by atoms with van der Waals surface area (Å²) >= 11 is 11.7. The van der Waals surface area contributed by atoms with Gasteiger partial charge in [-0.3, -0.25) is 10.7 Å². The molecule has 0 heterocycles. The predicted molar refractivity (Wildman–Crippen MR) is 112 cm³/mol. The second-order valence-corrected chi connectivity index (χ2v) is 7.10. The molecule has 0 radical (unpaired) electrons. The quantitative estimate of drug-likeness (QED) is 0.433. The van der Waals surface area contributed by atoms with E-state index in [-0.39, 0.29) is 5.84 Å². The van der Waals surface area contributed by atoms with Crippen molar-refractivity contribution in [2.45, 2.75) is 12.5 Å². The van der Waals surface area contributed by atoms with Crippen LogP contribution in [0, 0.1) is 5.41 Å². The summed E-state index contributed by atoms with van der Waals surface area (Å²) in [5.41, 5.74) is 1.40. The number of carbonyl (C=O) groups excluding carboxylic acids is 2. The fourth-order valence-corrected chi connectivity index (χ4v) is 2.51. The molecule has 0 aliphatic rings. The van der Waals surface area contributed by atoms with E-state index in [2.05, 4.69) is 16.0 Å². The molecule has 2 aromatic rings. The van der Waals surface area contributed by atoms with Crippen LogP contribution in [-0.4, -0.2) is 42.9 Å². The van der Waals surface area contributed by atoms with Crippen LogP contribution in [0.15, 0.2) is 48.5 Å². The molecule has 0 spiro atoms. The van der Waals surface area contributed by atoms with E-state index in [0.717, 1.165) is 5.56 Å². The smallest absolute Gasteiger partial charge is 0.322 e. The largest absolute Gasteiger partial charge is 0.331 e. The number of carbonyl (C=O) groups is 2. The van der Waals surface area contributed by atoms with E-state index in [9.17, 15) is 9.59 Å². The number of amidine groups is 1. The molecule has 0 fully saturated rings. The Hall–Kier alpha value is -2.77. The summed E-state index contributed by atoms with van der Waals surface area (Å²) in [4.78, 5) is 25.6. The molecule has 2 rings (SSSR count). The van der Waals surface area contributed by atoms with Crippen LogP contribution in [0.3, 0.4) is 0 Å². The van der Waals surface area contributed by atoms with E-state index in [0.29, 0.717) is 22.2 Å². The molecule has 0 unspecified atom stereocenters. The Labute approximate surface area is 173 Å². The number of hydrogen-bond acceptors (Lipinski definition) is 3. The fraction of sp³-hybridized carbons (Fsp3) is 0.211. The van der Waals surface area contributed by atoms with E-state index in [1.807, 2.05) is 0 Å². The Morgan fingerprint density at radius 2 is 1.54 bits per heavy atom. The van der Waals surface area contributed by atoms with Crippen LogP contribution >= 0.6 is 23.2 Å². The van der Waals surface area contributed by atoms with Crippen molar-refractivity contribution in [1.29, 1.82) is 5.41 Å². The number of halogens is 2. The molecule has 0 aromatic heterocycles. The van der Waals surface area contributed by atoms with Crippen molar-refractivity contribution in [3.8, 4) is 0 Å². The van der Waals surface area contributed by atoms with Gasteiger partial charge in [0.1, 0.15) is 5.84 Å². The minimum atomic E-state index is -0.752.